The molecule has 18 heavy (non-hydrogen) atoms. The summed E-state index contributed by atoms with van der Waals surface area (Å²) in [6.45, 7) is 6.41. The number of rotatable bonds is 7. The largest absolute Gasteiger partial charge is 0.409 e. The first-order chi connectivity index (χ1) is 8.51. The average molecular weight is 257 g/mol. The van der Waals surface area contributed by atoms with Crippen LogP contribution in [0, 0.1) is 5.41 Å². The third-order valence-corrected chi connectivity index (χ3v) is 4.01. The van der Waals surface area contributed by atoms with Crippen LogP contribution in [0.4, 0.5) is 0 Å². The monoisotopic (exact) mass is 257 g/mol. The number of likely N-dealkylation sites (tertiary alicyclic amines) is 1. The lowest BCUT2D eigenvalue weighted by Gasteiger charge is -2.25. The Morgan fingerprint density at radius 3 is 2.78 bits per heavy atom. The summed E-state index contributed by atoms with van der Waals surface area (Å²) >= 11 is 0. The van der Waals surface area contributed by atoms with E-state index in [0.717, 1.165) is 38.8 Å². The normalized spacial score (nSPS) is 22.6. The number of nitrogens with two attached hydrogens (primary N) is 1. The second kappa shape index (κ2) is 6.95. The van der Waals surface area contributed by atoms with E-state index < -0.39 is 0 Å². The minimum absolute atomic E-state index is 0.240. The zero-order valence-corrected chi connectivity index (χ0v) is 11.6. The lowest BCUT2D eigenvalue weighted by atomic mass is 9.86. The first-order valence-electron chi connectivity index (χ1n) is 6.84. The van der Waals surface area contributed by atoms with Gasteiger partial charge in [0, 0.05) is 11.5 Å². The molecule has 0 aromatic rings. The molecule has 0 aromatic carbocycles. The predicted octanol–water partition coefficient (Wildman–Crippen LogP) is 1.39. The highest BCUT2D eigenvalue weighted by molar-refractivity contribution is 5.85. The fraction of sp³-hybridized carbons (Fsp3) is 0.923. The molecular formula is C13H27N3O2. The quantitative estimate of drug-likeness (QED) is 0.212. The highest BCUT2D eigenvalue weighted by atomic mass is 16.4. The molecule has 0 aromatic heterocycles. The Morgan fingerprint density at radius 1 is 1.44 bits per heavy atom. The van der Waals surface area contributed by atoms with Crippen LogP contribution in [0.15, 0.2) is 5.16 Å². The van der Waals surface area contributed by atoms with Gasteiger partial charge in [-0.3, -0.25) is 4.90 Å². The Morgan fingerprint density at radius 2 is 2.17 bits per heavy atom. The third kappa shape index (κ3) is 4.14. The second-order valence-corrected chi connectivity index (χ2v) is 5.84. The maximum absolute atomic E-state index is 9.23. The molecule has 4 N–H and O–H groups in total. The number of amidine groups is 1. The van der Waals surface area contributed by atoms with Crippen molar-refractivity contribution >= 4 is 5.84 Å². The van der Waals surface area contributed by atoms with Crippen molar-refractivity contribution in [2.75, 3.05) is 19.7 Å². The molecule has 5 nitrogen and oxygen atoms in total. The molecule has 106 valence electrons. The first kappa shape index (κ1) is 15.2. The summed E-state index contributed by atoms with van der Waals surface area (Å²) in [6, 6.07) is 0.363. The average Bonchev–Trinajstić information content (AvgIpc) is 2.80. The topological polar surface area (TPSA) is 82.1 Å². The number of aliphatic hydroxyl groups is 1. The molecule has 1 aliphatic heterocycles. The van der Waals surface area contributed by atoms with Crippen molar-refractivity contribution in [3.63, 3.8) is 0 Å². The Bertz CT molecular complexity index is 279. The lowest BCUT2D eigenvalue weighted by Crippen LogP contribution is -2.34. The Kier molecular flexibility index (Phi) is 5.88. The van der Waals surface area contributed by atoms with Crippen molar-refractivity contribution < 1.29 is 10.3 Å². The highest BCUT2D eigenvalue weighted by Crippen LogP contribution is 2.24. The fourth-order valence-corrected chi connectivity index (χ4v) is 2.54. The molecule has 1 aliphatic rings. The van der Waals surface area contributed by atoms with E-state index in [4.69, 9.17) is 10.9 Å². The zero-order valence-electron chi connectivity index (χ0n) is 11.6. The van der Waals surface area contributed by atoms with Crippen LogP contribution in [0.25, 0.3) is 0 Å². The summed E-state index contributed by atoms with van der Waals surface area (Å²) in [7, 11) is 0. The SMILES string of the molecule is CC(C)(CCCCN1CCCC1CO)C(N)=NO. The molecule has 1 fully saturated rings. The molecule has 1 heterocycles. The summed E-state index contributed by atoms with van der Waals surface area (Å²) in [5, 5.41) is 21.0. The van der Waals surface area contributed by atoms with Gasteiger partial charge in [0.05, 0.1) is 6.61 Å². The van der Waals surface area contributed by atoms with Gasteiger partial charge in [-0.15, -0.1) is 0 Å². The number of hydrogen-bond donors (Lipinski definition) is 3. The van der Waals surface area contributed by atoms with E-state index in [1.54, 1.807) is 0 Å². The maximum atomic E-state index is 9.23. The van der Waals surface area contributed by atoms with E-state index in [2.05, 4.69) is 10.1 Å². The molecule has 0 aliphatic carbocycles. The molecule has 0 saturated carbocycles. The van der Waals surface area contributed by atoms with Crippen molar-refractivity contribution in [2.24, 2.45) is 16.3 Å². The lowest BCUT2D eigenvalue weighted by molar-refractivity contribution is 0.156. The summed E-state index contributed by atoms with van der Waals surface area (Å²) in [4.78, 5) is 2.37. The van der Waals surface area contributed by atoms with Gasteiger partial charge in [-0.1, -0.05) is 25.4 Å². The number of oxime groups is 1. The Hall–Kier alpha value is -0.810. The summed E-state index contributed by atoms with van der Waals surface area (Å²) in [6.07, 6.45) is 5.38. The van der Waals surface area contributed by atoms with Crippen molar-refractivity contribution in [3.8, 4) is 0 Å². The van der Waals surface area contributed by atoms with E-state index in [-0.39, 0.29) is 12.0 Å². The van der Waals surface area contributed by atoms with E-state index in [1.807, 2.05) is 13.8 Å². The minimum atomic E-state index is -0.240. The molecule has 0 radical (unpaired) electrons. The minimum Gasteiger partial charge on any atom is -0.409 e. The van der Waals surface area contributed by atoms with Gasteiger partial charge in [-0.2, -0.15) is 0 Å². The predicted molar refractivity (Wildman–Crippen MR) is 72.7 cm³/mol. The van der Waals surface area contributed by atoms with E-state index in [1.165, 1.54) is 6.42 Å². The van der Waals surface area contributed by atoms with E-state index in [9.17, 15) is 5.11 Å². The first-order valence-corrected chi connectivity index (χ1v) is 6.84. The molecule has 1 atom stereocenters. The standard InChI is InChI=1S/C13H27N3O2/c1-13(2,12(14)15-18)7-3-4-8-16-9-5-6-11(16)10-17/h11,17-18H,3-10H2,1-2H3,(H2,14,15). The Balaban J connectivity index is 2.22. The van der Waals surface area contributed by atoms with Crippen LogP contribution in [0.3, 0.4) is 0 Å². The van der Waals surface area contributed by atoms with Crippen LogP contribution < -0.4 is 5.73 Å². The molecule has 1 saturated heterocycles. The molecular weight excluding hydrogens is 230 g/mol. The van der Waals surface area contributed by atoms with Crippen LogP contribution in [0.1, 0.15) is 46.0 Å². The van der Waals surface area contributed by atoms with Gasteiger partial charge in [0.2, 0.25) is 0 Å². The number of nitrogens with zero attached hydrogens (tertiary/aromatic N) is 2. The van der Waals surface area contributed by atoms with Gasteiger partial charge in [-0.25, -0.2) is 0 Å². The summed E-state index contributed by atoms with van der Waals surface area (Å²) < 4.78 is 0. The highest BCUT2D eigenvalue weighted by Gasteiger charge is 2.25. The smallest absolute Gasteiger partial charge is 0.144 e. The molecule has 0 spiro atoms. The summed E-state index contributed by atoms with van der Waals surface area (Å²) in [5.74, 6) is 0.303. The number of hydrogen-bond acceptors (Lipinski definition) is 4. The Labute approximate surface area is 110 Å². The molecule has 1 unspecified atom stereocenters. The second-order valence-electron chi connectivity index (χ2n) is 5.84. The van der Waals surface area contributed by atoms with Crippen molar-refractivity contribution in [2.45, 2.75) is 52.0 Å². The number of aliphatic hydroxyl groups excluding tert-OH is 1. The van der Waals surface area contributed by atoms with Crippen LogP contribution in [0.5, 0.6) is 0 Å². The molecule has 0 amide bonds. The van der Waals surface area contributed by atoms with Gasteiger partial charge in [-0.05, 0) is 38.8 Å². The van der Waals surface area contributed by atoms with Gasteiger partial charge >= 0.3 is 0 Å². The fourth-order valence-electron chi connectivity index (χ4n) is 2.54. The van der Waals surface area contributed by atoms with Gasteiger partial charge in [0.1, 0.15) is 5.84 Å². The molecule has 1 rings (SSSR count). The van der Waals surface area contributed by atoms with Crippen LogP contribution in [0.2, 0.25) is 0 Å². The molecule has 5 heteroatoms. The van der Waals surface area contributed by atoms with Gasteiger partial charge in [0.15, 0.2) is 0 Å². The van der Waals surface area contributed by atoms with Crippen LogP contribution in [-0.2, 0) is 0 Å². The summed E-state index contributed by atoms with van der Waals surface area (Å²) in [5.41, 5.74) is 5.42. The van der Waals surface area contributed by atoms with Gasteiger partial charge in [0.25, 0.3) is 0 Å². The van der Waals surface area contributed by atoms with Crippen molar-refractivity contribution in [1.82, 2.24) is 4.90 Å². The molecule has 0 bridgehead atoms. The number of unbranched alkanes of at least 4 members (excludes halogenated alkanes) is 1. The zero-order chi connectivity index (χ0) is 13.6. The third-order valence-electron chi connectivity index (χ3n) is 4.01. The van der Waals surface area contributed by atoms with Crippen molar-refractivity contribution in [1.29, 1.82) is 0 Å². The maximum Gasteiger partial charge on any atom is 0.144 e. The van der Waals surface area contributed by atoms with Crippen LogP contribution in [-0.4, -0.2) is 46.8 Å². The van der Waals surface area contributed by atoms with Gasteiger partial charge < -0.3 is 16.0 Å². The van der Waals surface area contributed by atoms with Crippen LogP contribution >= 0.6 is 0 Å². The van der Waals surface area contributed by atoms with Crippen molar-refractivity contribution in [3.05, 3.63) is 0 Å². The van der Waals surface area contributed by atoms with E-state index >= 15 is 0 Å². The van der Waals surface area contributed by atoms with E-state index in [0.29, 0.717) is 11.9 Å².